The van der Waals surface area contributed by atoms with Crippen LogP contribution in [0.4, 0.5) is 10.5 Å². The van der Waals surface area contributed by atoms with E-state index in [1.807, 2.05) is 0 Å². The topological polar surface area (TPSA) is 59.5 Å². The van der Waals surface area contributed by atoms with Crippen LogP contribution in [-0.2, 0) is 4.79 Å². The van der Waals surface area contributed by atoms with E-state index in [9.17, 15) is 9.59 Å². The van der Waals surface area contributed by atoms with Crippen LogP contribution in [0.1, 0.15) is 37.3 Å². The number of benzene rings is 1. The molecule has 1 aromatic carbocycles. The summed E-state index contributed by atoms with van der Waals surface area (Å²) in [5, 5.41) is 0. The van der Waals surface area contributed by atoms with Crippen molar-refractivity contribution in [1.29, 1.82) is 0 Å². The van der Waals surface area contributed by atoms with Gasteiger partial charge in [-0.05, 0) is 43.5 Å². The molecular formula is C21H29N5O2. The lowest BCUT2D eigenvalue weighted by Crippen LogP contribution is -2.64. The summed E-state index contributed by atoms with van der Waals surface area (Å²) in [7, 11) is 1.76. The Kier molecular flexibility index (Phi) is 4.77. The zero-order valence-electron chi connectivity index (χ0n) is 17.2. The number of aliphatic imine (C=N–C) groups is 1. The number of amides is 3. The highest BCUT2D eigenvalue weighted by Crippen LogP contribution is 2.33. The van der Waals surface area contributed by atoms with Crippen molar-refractivity contribution in [2.45, 2.75) is 52.2 Å². The van der Waals surface area contributed by atoms with Gasteiger partial charge in [-0.2, -0.15) is 0 Å². The Balaban J connectivity index is 1.60. The second-order valence-electron chi connectivity index (χ2n) is 7.99. The Hall–Kier alpha value is -2.57. The first-order valence-corrected chi connectivity index (χ1v) is 10.2. The Labute approximate surface area is 166 Å². The van der Waals surface area contributed by atoms with E-state index in [-0.39, 0.29) is 11.9 Å². The average molecular weight is 383 g/mol. The molecule has 0 aromatic heterocycles. The van der Waals surface area contributed by atoms with Crippen molar-refractivity contribution >= 4 is 23.6 Å². The first kappa shape index (κ1) is 18.8. The maximum Gasteiger partial charge on any atom is 0.328 e. The van der Waals surface area contributed by atoms with Crippen molar-refractivity contribution in [2.24, 2.45) is 4.99 Å². The number of anilines is 1. The second kappa shape index (κ2) is 7.11. The fraction of sp³-hybridized carbons (Fsp3) is 0.571. The van der Waals surface area contributed by atoms with Crippen LogP contribution >= 0.6 is 0 Å². The number of guanidine groups is 1. The molecule has 2 fully saturated rings. The molecule has 0 bridgehead atoms. The van der Waals surface area contributed by atoms with Gasteiger partial charge in [0.2, 0.25) is 5.96 Å². The van der Waals surface area contributed by atoms with E-state index in [1.165, 1.54) is 16.0 Å². The number of carbonyl (C=O) groups excluding carboxylic acids is 2. The maximum atomic E-state index is 13.2. The third kappa shape index (κ3) is 2.84. The summed E-state index contributed by atoms with van der Waals surface area (Å²) in [5.41, 5.74) is 3.58. The SMILES string of the molecule is CCCCCN1C(=O)C2C(N=C3N(c4ccc(C)c(C)c4)CCN32)N(C)C1=O. The van der Waals surface area contributed by atoms with E-state index >= 15 is 0 Å². The van der Waals surface area contributed by atoms with Gasteiger partial charge in [0.1, 0.15) is 0 Å². The highest BCUT2D eigenvalue weighted by atomic mass is 16.2. The van der Waals surface area contributed by atoms with Crippen LogP contribution in [0, 0.1) is 13.8 Å². The number of unbranched alkanes of at least 4 members (excludes halogenated alkanes) is 2. The number of fused-ring (bicyclic) bond motifs is 3. The lowest BCUT2D eigenvalue weighted by atomic mass is 10.1. The molecule has 3 heterocycles. The van der Waals surface area contributed by atoms with Crippen molar-refractivity contribution in [3.8, 4) is 0 Å². The number of nitrogens with zero attached hydrogens (tertiary/aromatic N) is 5. The molecule has 0 aliphatic carbocycles. The largest absolute Gasteiger partial charge is 0.328 e. The lowest BCUT2D eigenvalue weighted by molar-refractivity contribution is -0.137. The van der Waals surface area contributed by atoms with E-state index in [1.54, 1.807) is 11.9 Å². The summed E-state index contributed by atoms with van der Waals surface area (Å²) in [4.78, 5) is 38.1. The van der Waals surface area contributed by atoms with E-state index in [0.717, 1.165) is 44.0 Å². The predicted octanol–water partition coefficient (Wildman–Crippen LogP) is 2.57. The molecule has 0 radical (unpaired) electrons. The van der Waals surface area contributed by atoms with Crippen molar-refractivity contribution in [2.75, 3.05) is 31.6 Å². The minimum Gasteiger partial charge on any atom is -0.325 e. The summed E-state index contributed by atoms with van der Waals surface area (Å²) in [6.07, 6.45) is 2.48. The summed E-state index contributed by atoms with van der Waals surface area (Å²) in [6.45, 7) is 8.35. The molecule has 3 aliphatic rings. The Bertz CT molecular complexity index is 836. The summed E-state index contributed by atoms with van der Waals surface area (Å²) in [6, 6.07) is 5.74. The van der Waals surface area contributed by atoms with Gasteiger partial charge in [0.15, 0.2) is 12.2 Å². The fourth-order valence-electron chi connectivity index (χ4n) is 4.30. The van der Waals surface area contributed by atoms with Gasteiger partial charge in [-0.3, -0.25) is 9.69 Å². The van der Waals surface area contributed by atoms with E-state index in [2.05, 4.69) is 48.8 Å². The van der Waals surface area contributed by atoms with Gasteiger partial charge < -0.3 is 14.7 Å². The predicted molar refractivity (Wildman–Crippen MR) is 109 cm³/mol. The van der Waals surface area contributed by atoms with Gasteiger partial charge in [0, 0.05) is 32.4 Å². The van der Waals surface area contributed by atoms with E-state index < -0.39 is 12.2 Å². The maximum absolute atomic E-state index is 13.2. The van der Waals surface area contributed by atoms with Gasteiger partial charge in [-0.1, -0.05) is 25.8 Å². The van der Waals surface area contributed by atoms with Gasteiger partial charge in [0.25, 0.3) is 5.91 Å². The molecule has 4 rings (SSSR count). The summed E-state index contributed by atoms with van der Waals surface area (Å²) >= 11 is 0. The number of hydrogen-bond acceptors (Lipinski definition) is 5. The fourth-order valence-corrected chi connectivity index (χ4v) is 4.30. The minimum absolute atomic E-state index is 0.107. The van der Waals surface area contributed by atoms with Crippen molar-refractivity contribution in [1.82, 2.24) is 14.7 Å². The molecular weight excluding hydrogens is 354 g/mol. The van der Waals surface area contributed by atoms with Gasteiger partial charge in [-0.25, -0.2) is 9.79 Å². The standard InChI is InChI=1S/C21H29N5O2/c1-5-6-7-10-26-19(27)17-18(23(4)21(26)28)22-20-24(11-12-25(17)20)16-9-8-14(2)15(3)13-16/h8-9,13,17-18H,5-7,10-12H2,1-4H3. The number of carbonyl (C=O) groups is 2. The van der Waals surface area contributed by atoms with Gasteiger partial charge in [-0.15, -0.1) is 0 Å². The monoisotopic (exact) mass is 383 g/mol. The third-order valence-electron chi connectivity index (χ3n) is 6.16. The number of hydrogen-bond donors (Lipinski definition) is 0. The van der Waals surface area contributed by atoms with Gasteiger partial charge in [0.05, 0.1) is 0 Å². The third-order valence-corrected chi connectivity index (χ3v) is 6.16. The van der Waals surface area contributed by atoms with Crippen LogP contribution < -0.4 is 4.90 Å². The number of urea groups is 1. The number of rotatable bonds is 5. The lowest BCUT2D eigenvalue weighted by Gasteiger charge is -2.40. The van der Waals surface area contributed by atoms with Crippen LogP contribution in [0.15, 0.2) is 23.2 Å². The molecule has 0 spiro atoms. The molecule has 1 aromatic rings. The number of imide groups is 1. The van der Waals surface area contributed by atoms with E-state index in [0.29, 0.717) is 6.54 Å². The molecule has 2 unspecified atom stereocenters. The molecule has 2 atom stereocenters. The van der Waals surface area contributed by atoms with Crippen molar-refractivity contribution < 1.29 is 9.59 Å². The molecule has 7 nitrogen and oxygen atoms in total. The molecule has 0 N–H and O–H groups in total. The average Bonchev–Trinajstić information content (AvgIpc) is 3.24. The molecule has 0 saturated carbocycles. The van der Waals surface area contributed by atoms with Crippen molar-refractivity contribution in [3.05, 3.63) is 29.3 Å². The number of likely N-dealkylation sites (N-methyl/N-ethyl adjacent to an activating group) is 1. The highest BCUT2D eigenvalue weighted by Gasteiger charge is 2.54. The Morgan fingerprint density at radius 3 is 2.61 bits per heavy atom. The zero-order chi connectivity index (χ0) is 20.0. The smallest absolute Gasteiger partial charge is 0.325 e. The summed E-state index contributed by atoms with van der Waals surface area (Å²) in [5.74, 6) is 0.701. The van der Waals surface area contributed by atoms with Crippen LogP contribution in [0.3, 0.4) is 0 Å². The molecule has 28 heavy (non-hydrogen) atoms. The molecule has 7 heteroatoms. The highest BCUT2D eigenvalue weighted by molar-refractivity contribution is 6.08. The van der Waals surface area contributed by atoms with Gasteiger partial charge >= 0.3 is 6.03 Å². The minimum atomic E-state index is -0.438. The Morgan fingerprint density at radius 1 is 1.11 bits per heavy atom. The van der Waals surface area contributed by atoms with Crippen LogP contribution in [0.5, 0.6) is 0 Å². The molecule has 150 valence electrons. The van der Waals surface area contributed by atoms with Crippen molar-refractivity contribution in [3.63, 3.8) is 0 Å². The van der Waals surface area contributed by atoms with Crippen LogP contribution in [0.25, 0.3) is 0 Å². The number of aryl methyl sites for hydroxylation is 2. The quantitative estimate of drug-likeness (QED) is 0.734. The Morgan fingerprint density at radius 2 is 1.89 bits per heavy atom. The zero-order valence-corrected chi connectivity index (χ0v) is 17.2. The molecule has 2 saturated heterocycles. The normalized spacial score (nSPS) is 24.1. The molecule has 3 aliphatic heterocycles. The second-order valence-corrected chi connectivity index (χ2v) is 7.99. The van der Waals surface area contributed by atoms with Crippen LogP contribution in [-0.4, -0.2) is 71.5 Å². The van der Waals surface area contributed by atoms with Crippen LogP contribution in [0.2, 0.25) is 0 Å². The van der Waals surface area contributed by atoms with E-state index in [4.69, 9.17) is 4.99 Å². The molecule has 3 amide bonds. The first-order chi connectivity index (χ1) is 13.4. The first-order valence-electron chi connectivity index (χ1n) is 10.2. The summed E-state index contributed by atoms with van der Waals surface area (Å²) < 4.78 is 0.